The molecule has 0 spiro atoms. The number of nitriles is 1. The third kappa shape index (κ3) is 4.34. The Morgan fingerprint density at radius 2 is 1.94 bits per heavy atom. The van der Waals surface area contributed by atoms with E-state index in [0.29, 0.717) is 22.7 Å². The Hall–Kier alpha value is -5.30. The number of aromatic nitrogens is 2. The number of fused-ring (bicyclic) bond motifs is 1. The van der Waals surface area contributed by atoms with Gasteiger partial charge < -0.3 is 25.8 Å². The quantitative estimate of drug-likeness (QED) is 0.425. The van der Waals surface area contributed by atoms with Crippen LogP contribution in [-0.2, 0) is 4.79 Å². The van der Waals surface area contributed by atoms with Crippen LogP contribution in [0.1, 0.15) is 17.0 Å². The number of rotatable bonds is 5. The summed E-state index contributed by atoms with van der Waals surface area (Å²) in [6.07, 6.45) is 4.76. The number of amides is 1. The summed E-state index contributed by atoms with van der Waals surface area (Å²) in [7, 11) is 0. The van der Waals surface area contributed by atoms with Crippen LogP contribution >= 0.6 is 0 Å². The SMILES string of the molecule is N#CC1=C/C(=C(/C=N)c2nnc(NC3N=C(c4ccccc4)c4ccccc4NC3=O)o2)NC=C1. The molecule has 0 saturated heterocycles. The number of benzene rings is 2. The summed E-state index contributed by atoms with van der Waals surface area (Å²) >= 11 is 0. The van der Waals surface area contributed by atoms with Gasteiger partial charge in [-0.1, -0.05) is 53.6 Å². The Balaban J connectivity index is 1.49. The fraction of sp³-hybridized carbons (Fsp3) is 0.0400. The number of benzodiazepines with no additional fused rings is 1. The zero-order chi connectivity index (χ0) is 24.2. The number of carbonyl (C=O) groups excluding carboxylic acids is 1. The first-order valence-corrected chi connectivity index (χ1v) is 10.6. The van der Waals surface area contributed by atoms with Gasteiger partial charge in [0, 0.05) is 23.5 Å². The van der Waals surface area contributed by atoms with E-state index in [-0.39, 0.29) is 17.5 Å². The smallest absolute Gasteiger partial charge is 0.317 e. The van der Waals surface area contributed by atoms with Crippen LogP contribution in [0.3, 0.4) is 0 Å². The molecule has 2 aromatic carbocycles. The average Bonchev–Trinajstić information content (AvgIpc) is 3.30. The fourth-order valence-electron chi connectivity index (χ4n) is 3.63. The van der Waals surface area contributed by atoms with Crippen LogP contribution in [0.15, 0.2) is 93.6 Å². The van der Waals surface area contributed by atoms with Crippen molar-refractivity contribution in [2.24, 2.45) is 4.99 Å². The molecule has 2 aliphatic heterocycles. The molecule has 10 heteroatoms. The molecule has 1 aromatic heterocycles. The lowest BCUT2D eigenvalue weighted by Gasteiger charge is -2.11. The number of aliphatic imine (C=N–C) groups is 1. The van der Waals surface area contributed by atoms with E-state index in [4.69, 9.17) is 20.1 Å². The van der Waals surface area contributed by atoms with Crippen molar-refractivity contribution in [3.63, 3.8) is 0 Å². The number of para-hydroxylation sites is 1. The predicted molar refractivity (Wildman–Crippen MR) is 131 cm³/mol. The summed E-state index contributed by atoms with van der Waals surface area (Å²) in [5, 5.41) is 33.6. The van der Waals surface area contributed by atoms with Crippen LogP contribution in [-0.4, -0.2) is 34.2 Å². The molecule has 4 N–H and O–H groups in total. The van der Waals surface area contributed by atoms with E-state index in [1.54, 1.807) is 18.4 Å². The number of anilines is 2. The lowest BCUT2D eigenvalue weighted by atomic mass is 10.0. The molecule has 1 atom stereocenters. The third-order valence-electron chi connectivity index (χ3n) is 5.27. The highest BCUT2D eigenvalue weighted by Gasteiger charge is 2.27. The molecule has 3 heterocycles. The summed E-state index contributed by atoms with van der Waals surface area (Å²) in [6, 6.07) is 19.0. The summed E-state index contributed by atoms with van der Waals surface area (Å²) in [5.74, 6) is -0.354. The molecule has 5 rings (SSSR count). The first kappa shape index (κ1) is 21.5. The molecule has 3 aromatic rings. The number of dihydropyridines is 1. The normalized spacial score (nSPS) is 18.0. The first-order chi connectivity index (χ1) is 17.2. The maximum Gasteiger partial charge on any atom is 0.317 e. The van der Waals surface area contributed by atoms with Crippen LogP contribution in [0.2, 0.25) is 0 Å². The molecule has 0 radical (unpaired) electrons. The molecule has 0 bridgehead atoms. The van der Waals surface area contributed by atoms with Gasteiger partial charge in [0.2, 0.25) is 6.17 Å². The van der Waals surface area contributed by atoms with Gasteiger partial charge in [-0.2, -0.15) is 5.26 Å². The van der Waals surface area contributed by atoms with Crippen molar-refractivity contribution >= 4 is 35.1 Å². The van der Waals surface area contributed by atoms with E-state index in [0.717, 1.165) is 17.3 Å². The number of nitrogens with one attached hydrogen (secondary N) is 4. The van der Waals surface area contributed by atoms with Gasteiger partial charge in [0.1, 0.15) is 0 Å². The Morgan fingerprint density at radius 3 is 2.74 bits per heavy atom. The summed E-state index contributed by atoms with van der Waals surface area (Å²) in [4.78, 5) is 17.7. The highest BCUT2D eigenvalue weighted by atomic mass is 16.4. The third-order valence-corrected chi connectivity index (χ3v) is 5.27. The molecule has 2 aliphatic rings. The van der Waals surface area contributed by atoms with Gasteiger partial charge in [-0.3, -0.25) is 4.79 Å². The van der Waals surface area contributed by atoms with Crippen LogP contribution < -0.4 is 16.0 Å². The standard InChI is InChI=1S/C25H18N8O2/c26-13-15-10-11-28-20(12-15)18(14-27)24-32-33-25(35-24)31-22-23(34)29-19-9-5-4-8-17(19)21(30-22)16-6-2-1-3-7-16/h1-12,14,22,27-28H,(H,29,34)(H,31,33)/b20-18+,27-14?. The Labute approximate surface area is 199 Å². The van der Waals surface area contributed by atoms with Crippen LogP contribution in [0.4, 0.5) is 11.7 Å². The highest BCUT2D eigenvalue weighted by Crippen LogP contribution is 2.25. The minimum atomic E-state index is -1.05. The Bertz CT molecular complexity index is 1470. The monoisotopic (exact) mass is 462 g/mol. The molecule has 170 valence electrons. The van der Waals surface area contributed by atoms with E-state index < -0.39 is 12.1 Å². The maximum absolute atomic E-state index is 13.0. The number of hydrogen-bond donors (Lipinski definition) is 4. The second-order valence-electron chi connectivity index (χ2n) is 7.50. The maximum atomic E-state index is 13.0. The zero-order valence-electron chi connectivity index (χ0n) is 18.2. The van der Waals surface area contributed by atoms with E-state index in [1.165, 1.54) is 0 Å². The second-order valence-corrected chi connectivity index (χ2v) is 7.50. The first-order valence-electron chi connectivity index (χ1n) is 10.6. The molecule has 35 heavy (non-hydrogen) atoms. The van der Waals surface area contributed by atoms with Gasteiger partial charge in [0.05, 0.1) is 34.3 Å². The number of allylic oxidation sites excluding steroid dienone is 4. The number of carbonyl (C=O) groups is 1. The predicted octanol–water partition coefficient (Wildman–Crippen LogP) is 3.22. The summed E-state index contributed by atoms with van der Waals surface area (Å²) in [5.41, 5.74) is 4.06. The van der Waals surface area contributed by atoms with Crippen LogP contribution in [0, 0.1) is 16.7 Å². The summed E-state index contributed by atoms with van der Waals surface area (Å²) in [6.45, 7) is 0. The minimum Gasteiger partial charge on any atom is -0.403 e. The van der Waals surface area contributed by atoms with Crippen molar-refractivity contribution in [2.75, 3.05) is 10.6 Å². The topological polar surface area (TPSA) is 152 Å². The lowest BCUT2D eigenvalue weighted by molar-refractivity contribution is -0.116. The van der Waals surface area contributed by atoms with Crippen molar-refractivity contribution in [3.05, 3.63) is 101 Å². The van der Waals surface area contributed by atoms with Crippen molar-refractivity contribution in [1.29, 1.82) is 10.7 Å². The highest BCUT2D eigenvalue weighted by molar-refractivity contribution is 6.19. The molecule has 0 fully saturated rings. The van der Waals surface area contributed by atoms with Crippen molar-refractivity contribution < 1.29 is 9.21 Å². The van der Waals surface area contributed by atoms with Crippen LogP contribution in [0.25, 0.3) is 5.57 Å². The van der Waals surface area contributed by atoms with Gasteiger partial charge >= 0.3 is 6.01 Å². The van der Waals surface area contributed by atoms with Gasteiger partial charge in [0.15, 0.2) is 0 Å². The van der Waals surface area contributed by atoms with Gasteiger partial charge in [-0.05, 0) is 18.2 Å². The molecule has 1 amide bonds. The minimum absolute atomic E-state index is 0.0402. The Morgan fingerprint density at radius 1 is 1.14 bits per heavy atom. The van der Waals surface area contributed by atoms with Crippen LogP contribution in [0.5, 0.6) is 0 Å². The van der Waals surface area contributed by atoms with E-state index in [2.05, 4.69) is 26.1 Å². The van der Waals surface area contributed by atoms with E-state index in [1.807, 2.05) is 60.7 Å². The fourth-order valence-corrected chi connectivity index (χ4v) is 3.63. The molecular weight excluding hydrogens is 444 g/mol. The zero-order valence-corrected chi connectivity index (χ0v) is 18.2. The number of nitrogens with zero attached hydrogens (tertiary/aromatic N) is 4. The van der Waals surface area contributed by atoms with Crippen molar-refractivity contribution in [2.45, 2.75) is 6.17 Å². The van der Waals surface area contributed by atoms with E-state index in [9.17, 15) is 4.79 Å². The molecule has 0 saturated carbocycles. The molecule has 0 aliphatic carbocycles. The van der Waals surface area contributed by atoms with Gasteiger partial charge in [-0.15, -0.1) is 5.10 Å². The Kier molecular flexibility index (Phi) is 5.71. The summed E-state index contributed by atoms with van der Waals surface area (Å²) < 4.78 is 5.70. The largest absolute Gasteiger partial charge is 0.403 e. The van der Waals surface area contributed by atoms with Crippen molar-refractivity contribution in [3.8, 4) is 6.07 Å². The number of hydrogen-bond acceptors (Lipinski definition) is 9. The van der Waals surface area contributed by atoms with Gasteiger partial charge in [-0.25, -0.2) is 4.99 Å². The van der Waals surface area contributed by atoms with E-state index >= 15 is 0 Å². The molecule has 10 nitrogen and oxygen atoms in total. The van der Waals surface area contributed by atoms with Gasteiger partial charge in [0.25, 0.3) is 11.8 Å². The molecular formula is C25H18N8O2. The van der Waals surface area contributed by atoms with Crippen molar-refractivity contribution in [1.82, 2.24) is 15.5 Å². The second kappa shape index (κ2) is 9.29. The molecule has 1 unspecified atom stereocenters. The average molecular weight is 462 g/mol. The lowest BCUT2D eigenvalue weighted by Crippen LogP contribution is -2.32.